The Hall–Kier alpha value is -2.69. The van der Waals surface area contributed by atoms with E-state index >= 15 is 0 Å². The maximum atomic E-state index is 12.8. The van der Waals surface area contributed by atoms with Gasteiger partial charge < -0.3 is 19.9 Å². The van der Waals surface area contributed by atoms with Crippen molar-refractivity contribution in [3.8, 4) is 5.75 Å². The van der Waals surface area contributed by atoms with Gasteiger partial charge in [0.25, 0.3) is 0 Å². The number of hydrogen-bond donors (Lipinski definition) is 1. The molecule has 2 aliphatic rings. The van der Waals surface area contributed by atoms with Crippen molar-refractivity contribution in [2.24, 2.45) is 0 Å². The Morgan fingerprint density at radius 2 is 1.72 bits per heavy atom. The number of methoxy groups -OCH3 is 1. The summed E-state index contributed by atoms with van der Waals surface area (Å²) in [5.74, 6) is 0.881. The predicted octanol–water partition coefficient (Wildman–Crippen LogP) is 4.17. The lowest BCUT2D eigenvalue weighted by atomic mass is 9.89. The number of amides is 2. The molecule has 0 radical (unpaired) electrons. The fraction of sp³-hybridized carbons (Fsp3) is 0.458. The highest BCUT2D eigenvalue weighted by atomic mass is 16.5. The van der Waals surface area contributed by atoms with Crippen molar-refractivity contribution in [1.29, 1.82) is 0 Å². The van der Waals surface area contributed by atoms with E-state index in [1.807, 2.05) is 23.1 Å². The van der Waals surface area contributed by atoms with E-state index < -0.39 is 0 Å². The molecule has 1 saturated heterocycles. The summed E-state index contributed by atoms with van der Waals surface area (Å²) in [4.78, 5) is 17.0. The molecule has 4 rings (SSSR count). The second-order valence-electron chi connectivity index (χ2n) is 8.05. The van der Waals surface area contributed by atoms with E-state index in [1.165, 1.54) is 36.0 Å². The van der Waals surface area contributed by atoms with Gasteiger partial charge in [-0.2, -0.15) is 0 Å². The average Bonchev–Trinajstić information content (AvgIpc) is 2.78. The number of piperazine rings is 1. The van der Waals surface area contributed by atoms with Crippen LogP contribution in [0.5, 0.6) is 5.75 Å². The molecule has 154 valence electrons. The topological polar surface area (TPSA) is 44.8 Å². The molecule has 1 aliphatic carbocycles. The Morgan fingerprint density at radius 1 is 1.00 bits per heavy atom. The summed E-state index contributed by atoms with van der Waals surface area (Å²) in [6.07, 6.45) is 4.91. The van der Waals surface area contributed by atoms with Gasteiger partial charge in [0.2, 0.25) is 0 Å². The molecule has 2 aromatic rings. The number of nitrogens with one attached hydrogen (secondary N) is 1. The summed E-state index contributed by atoms with van der Waals surface area (Å²) in [5.41, 5.74) is 5.23. The van der Waals surface area contributed by atoms with Crippen LogP contribution in [0.3, 0.4) is 0 Å². The minimum Gasteiger partial charge on any atom is -0.495 e. The number of aryl methyl sites for hydroxylation is 2. The van der Waals surface area contributed by atoms with Gasteiger partial charge in [0.05, 0.1) is 18.8 Å². The molecular weight excluding hydrogens is 362 g/mol. The van der Waals surface area contributed by atoms with Gasteiger partial charge in [0, 0.05) is 26.2 Å². The molecule has 2 aromatic carbocycles. The zero-order chi connectivity index (χ0) is 20.2. The van der Waals surface area contributed by atoms with Crippen LogP contribution >= 0.6 is 0 Å². The van der Waals surface area contributed by atoms with Crippen LogP contribution in [0.1, 0.15) is 42.5 Å². The Morgan fingerprint density at radius 3 is 2.48 bits per heavy atom. The molecule has 5 nitrogen and oxygen atoms in total. The van der Waals surface area contributed by atoms with Crippen LogP contribution in [-0.4, -0.2) is 44.2 Å². The second-order valence-corrected chi connectivity index (χ2v) is 8.05. The molecule has 0 bridgehead atoms. The van der Waals surface area contributed by atoms with Crippen LogP contribution in [0.2, 0.25) is 0 Å². The van der Waals surface area contributed by atoms with Crippen molar-refractivity contribution in [2.45, 2.75) is 38.6 Å². The van der Waals surface area contributed by atoms with E-state index in [1.54, 1.807) is 7.11 Å². The number of ether oxygens (including phenoxy) is 1. The van der Waals surface area contributed by atoms with Gasteiger partial charge in [-0.3, -0.25) is 0 Å². The summed E-state index contributed by atoms with van der Waals surface area (Å²) in [6, 6.07) is 14.8. The lowest BCUT2D eigenvalue weighted by Gasteiger charge is -2.37. The molecule has 1 unspecified atom stereocenters. The SMILES string of the molecule is COc1ccccc1N1CCN(C(=O)NC(C)c2ccc3c(c2)CCCC3)CC1. The number of benzene rings is 2. The van der Waals surface area contributed by atoms with Gasteiger partial charge in [-0.05, 0) is 61.4 Å². The minimum absolute atomic E-state index is 0.0157. The fourth-order valence-electron chi connectivity index (χ4n) is 4.42. The van der Waals surface area contributed by atoms with Crippen LogP contribution in [0.15, 0.2) is 42.5 Å². The van der Waals surface area contributed by atoms with E-state index in [0.717, 1.165) is 30.9 Å². The molecule has 1 aliphatic heterocycles. The van der Waals surface area contributed by atoms with Gasteiger partial charge in [0.15, 0.2) is 0 Å². The van der Waals surface area contributed by atoms with E-state index in [-0.39, 0.29) is 12.1 Å². The highest BCUT2D eigenvalue weighted by molar-refractivity contribution is 5.75. The molecule has 5 heteroatoms. The Bertz CT molecular complexity index is 859. The lowest BCUT2D eigenvalue weighted by Crippen LogP contribution is -2.52. The van der Waals surface area contributed by atoms with Crippen molar-refractivity contribution in [3.63, 3.8) is 0 Å². The van der Waals surface area contributed by atoms with Gasteiger partial charge in [-0.1, -0.05) is 30.3 Å². The molecule has 0 spiro atoms. The van der Waals surface area contributed by atoms with Crippen molar-refractivity contribution >= 4 is 11.7 Å². The minimum atomic E-state index is 0.0157. The summed E-state index contributed by atoms with van der Waals surface area (Å²) in [6.45, 7) is 5.11. The van der Waals surface area contributed by atoms with Crippen LogP contribution in [0.4, 0.5) is 10.5 Å². The molecule has 0 saturated carbocycles. The third kappa shape index (κ3) is 4.34. The van der Waals surface area contributed by atoms with E-state index in [0.29, 0.717) is 13.1 Å². The average molecular weight is 394 g/mol. The summed E-state index contributed by atoms with van der Waals surface area (Å²) >= 11 is 0. The van der Waals surface area contributed by atoms with Crippen LogP contribution in [0.25, 0.3) is 0 Å². The zero-order valence-electron chi connectivity index (χ0n) is 17.5. The van der Waals surface area contributed by atoms with E-state index in [9.17, 15) is 4.79 Å². The number of hydrogen-bond acceptors (Lipinski definition) is 3. The smallest absolute Gasteiger partial charge is 0.317 e. The van der Waals surface area contributed by atoms with Crippen molar-refractivity contribution in [1.82, 2.24) is 10.2 Å². The maximum Gasteiger partial charge on any atom is 0.317 e. The quantitative estimate of drug-likeness (QED) is 0.848. The molecule has 1 N–H and O–H groups in total. The fourth-order valence-corrected chi connectivity index (χ4v) is 4.42. The monoisotopic (exact) mass is 393 g/mol. The molecule has 0 aromatic heterocycles. The van der Waals surface area contributed by atoms with Crippen LogP contribution < -0.4 is 15.0 Å². The van der Waals surface area contributed by atoms with Gasteiger partial charge in [0.1, 0.15) is 5.75 Å². The standard InChI is InChI=1S/C24H31N3O2/c1-18(20-12-11-19-7-3-4-8-21(19)17-20)25-24(28)27-15-13-26(14-16-27)22-9-5-6-10-23(22)29-2/h5-6,9-12,17-18H,3-4,7-8,13-16H2,1-2H3,(H,25,28). The van der Waals surface area contributed by atoms with Crippen molar-refractivity contribution in [2.75, 3.05) is 38.2 Å². The highest BCUT2D eigenvalue weighted by Gasteiger charge is 2.24. The summed E-state index contributed by atoms with van der Waals surface area (Å²) < 4.78 is 5.48. The normalized spacial score (nSPS) is 17.4. The first kappa shape index (κ1) is 19.6. The molecule has 1 heterocycles. The van der Waals surface area contributed by atoms with Crippen molar-refractivity contribution < 1.29 is 9.53 Å². The first-order chi connectivity index (χ1) is 14.2. The maximum absolute atomic E-state index is 12.8. The first-order valence-electron chi connectivity index (χ1n) is 10.7. The molecule has 1 atom stereocenters. The Balaban J connectivity index is 1.34. The van der Waals surface area contributed by atoms with Crippen LogP contribution in [0, 0.1) is 0 Å². The number of nitrogens with zero attached hydrogens (tertiary/aromatic N) is 2. The third-order valence-corrected chi connectivity index (χ3v) is 6.21. The van der Waals surface area contributed by atoms with Gasteiger partial charge >= 0.3 is 6.03 Å². The zero-order valence-corrected chi connectivity index (χ0v) is 17.5. The summed E-state index contributed by atoms with van der Waals surface area (Å²) in [7, 11) is 1.70. The van der Waals surface area contributed by atoms with Crippen LogP contribution in [-0.2, 0) is 12.8 Å². The number of rotatable bonds is 4. The Kier molecular flexibility index (Phi) is 5.93. The number of carbonyl (C=O) groups is 1. The lowest BCUT2D eigenvalue weighted by molar-refractivity contribution is 0.191. The van der Waals surface area contributed by atoms with Gasteiger partial charge in [-0.15, -0.1) is 0 Å². The molecular formula is C24H31N3O2. The largest absolute Gasteiger partial charge is 0.495 e. The number of anilines is 1. The molecule has 29 heavy (non-hydrogen) atoms. The number of carbonyl (C=O) groups excluding carboxylic acids is 1. The number of para-hydroxylation sites is 2. The molecule has 2 amide bonds. The predicted molar refractivity (Wildman–Crippen MR) is 117 cm³/mol. The third-order valence-electron chi connectivity index (χ3n) is 6.21. The highest BCUT2D eigenvalue weighted by Crippen LogP contribution is 2.28. The number of urea groups is 1. The van der Waals surface area contributed by atoms with Gasteiger partial charge in [-0.25, -0.2) is 4.79 Å². The second kappa shape index (κ2) is 8.76. The van der Waals surface area contributed by atoms with E-state index in [2.05, 4.69) is 41.4 Å². The number of fused-ring (bicyclic) bond motifs is 1. The Labute approximate surface area is 173 Å². The first-order valence-corrected chi connectivity index (χ1v) is 10.7. The molecule has 1 fully saturated rings. The summed E-state index contributed by atoms with van der Waals surface area (Å²) in [5, 5.41) is 3.19. The van der Waals surface area contributed by atoms with E-state index in [4.69, 9.17) is 4.74 Å². The van der Waals surface area contributed by atoms with Crippen molar-refractivity contribution in [3.05, 3.63) is 59.2 Å².